The molecular weight excluding hydrogens is 367 g/mol. The fraction of sp³-hybridized carbons (Fsp3) is 0.500. The normalized spacial score (nSPS) is 16.6. The van der Waals surface area contributed by atoms with Crippen LogP contribution in [0.2, 0.25) is 5.02 Å². The summed E-state index contributed by atoms with van der Waals surface area (Å²) in [5, 5.41) is 5.08. The highest BCUT2D eigenvalue weighted by molar-refractivity contribution is 6.31. The lowest BCUT2D eigenvalue weighted by molar-refractivity contribution is -0.137. The van der Waals surface area contributed by atoms with Gasteiger partial charge in [-0.1, -0.05) is 36.7 Å². The van der Waals surface area contributed by atoms with Crippen molar-refractivity contribution in [3.63, 3.8) is 0 Å². The van der Waals surface area contributed by atoms with Gasteiger partial charge < -0.3 is 4.90 Å². The number of hydrogen-bond donors (Lipinski definition) is 0. The molecule has 0 radical (unpaired) electrons. The summed E-state index contributed by atoms with van der Waals surface area (Å²) < 4.78 is 15.6. The number of amides is 1. The Morgan fingerprint density at radius 1 is 1.22 bits per heavy atom. The smallest absolute Gasteiger partial charge is 0.247 e. The molecule has 3 rings (SSSR count). The maximum absolute atomic E-state index is 13.8. The molecule has 2 heterocycles. The number of aromatic nitrogens is 2. The van der Waals surface area contributed by atoms with Gasteiger partial charge in [0.1, 0.15) is 11.9 Å². The van der Waals surface area contributed by atoms with Crippen molar-refractivity contribution in [2.75, 3.05) is 26.2 Å². The van der Waals surface area contributed by atoms with Crippen LogP contribution in [0.1, 0.15) is 36.3 Å². The maximum atomic E-state index is 13.8. The number of halogens is 2. The van der Waals surface area contributed by atoms with Gasteiger partial charge in [-0.25, -0.2) is 4.39 Å². The number of carbonyl (C=O) groups excluding carboxylic acids is 1. The van der Waals surface area contributed by atoms with Gasteiger partial charge in [0.25, 0.3) is 0 Å². The highest BCUT2D eigenvalue weighted by atomic mass is 35.5. The summed E-state index contributed by atoms with van der Waals surface area (Å²) in [7, 11) is 0. The minimum absolute atomic E-state index is 0.0744. The second-order valence-electron chi connectivity index (χ2n) is 7.05. The second-order valence-corrected chi connectivity index (χ2v) is 7.42. The summed E-state index contributed by atoms with van der Waals surface area (Å²) in [4.78, 5) is 17.1. The van der Waals surface area contributed by atoms with Crippen molar-refractivity contribution in [3.05, 3.63) is 52.1 Å². The molecule has 1 amide bonds. The zero-order chi connectivity index (χ0) is 19.6. The molecule has 0 spiro atoms. The van der Waals surface area contributed by atoms with Gasteiger partial charge in [0.05, 0.1) is 16.4 Å². The first-order valence-electron chi connectivity index (χ1n) is 9.38. The number of piperazine rings is 1. The molecule has 1 fully saturated rings. The maximum Gasteiger partial charge on any atom is 0.247 e. The van der Waals surface area contributed by atoms with E-state index in [1.807, 2.05) is 37.8 Å². The molecule has 1 aliphatic rings. The summed E-state index contributed by atoms with van der Waals surface area (Å²) in [6.45, 7) is 9.03. The van der Waals surface area contributed by atoms with Crippen molar-refractivity contribution >= 4 is 17.5 Å². The largest absolute Gasteiger partial charge is 0.338 e. The molecule has 1 saturated heterocycles. The molecule has 0 bridgehead atoms. The number of benzene rings is 1. The summed E-state index contributed by atoms with van der Waals surface area (Å²) in [6.07, 6.45) is 0.659. The highest BCUT2D eigenvalue weighted by Gasteiger charge is 2.30. The van der Waals surface area contributed by atoms with E-state index in [-0.39, 0.29) is 17.8 Å². The first-order valence-corrected chi connectivity index (χ1v) is 9.76. The van der Waals surface area contributed by atoms with E-state index < -0.39 is 0 Å². The lowest BCUT2D eigenvalue weighted by Gasteiger charge is -2.36. The Kier molecular flexibility index (Phi) is 6.17. The third kappa shape index (κ3) is 4.17. The molecule has 7 heteroatoms. The van der Waals surface area contributed by atoms with Crippen LogP contribution in [0.3, 0.4) is 0 Å². The minimum atomic E-state index is -0.339. The van der Waals surface area contributed by atoms with Crippen molar-refractivity contribution in [2.24, 2.45) is 0 Å². The third-order valence-electron chi connectivity index (χ3n) is 5.24. The predicted molar refractivity (Wildman–Crippen MR) is 104 cm³/mol. The molecule has 5 nitrogen and oxygen atoms in total. The van der Waals surface area contributed by atoms with E-state index in [0.29, 0.717) is 36.6 Å². The molecule has 1 unspecified atom stereocenters. The van der Waals surface area contributed by atoms with E-state index in [9.17, 15) is 9.18 Å². The molecule has 2 aromatic rings. The Hall–Kier alpha value is -1.92. The zero-order valence-corrected chi connectivity index (χ0v) is 16.8. The van der Waals surface area contributed by atoms with Gasteiger partial charge in [-0.05, 0) is 26.3 Å². The number of nitrogens with zero attached hydrogens (tertiary/aromatic N) is 4. The van der Waals surface area contributed by atoms with Gasteiger partial charge in [0.2, 0.25) is 5.91 Å². The fourth-order valence-corrected chi connectivity index (χ4v) is 3.73. The Balaban J connectivity index is 1.63. The third-order valence-corrected chi connectivity index (χ3v) is 5.79. The standard InChI is InChI=1S/C20H26ClFN4O/c1-4-18(26-15(3)19(21)14(2)23-26)20(27)25-11-9-24(10-12-25)13-16-7-5-6-8-17(16)22/h5-8,18H,4,9-13H2,1-3H3. The summed E-state index contributed by atoms with van der Waals surface area (Å²) in [5.41, 5.74) is 2.27. The Labute approximate surface area is 164 Å². The predicted octanol–water partition coefficient (Wildman–Crippen LogP) is 3.59. The lowest BCUT2D eigenvalue weighted by Crippen LogP contribution is -2.50. The van der Waals surface area contributed by atoms with Crippen molar-refractivity contribution < 1.29 is 9.18 Å². The Morgan fingerprint density at radius 3 is 2.44 bits per heavy atom. The van der Waals surface area contributed by atoms with E-state index in [1.54, 1.807) is 10.7 Å². The number of aryl methyl sites for hydroxylation is 1. The molecule has 1 atom stereocenters. The molecule has 146 valence electrons. The van der Waals surface area contributed by atoms with Crippen LogP contribution in [-0.4, -0.2) is 51.7 Å². The van der Waals surface area contributed by atoms with Crippen molar-refractivity contribution in [1.29, 1.82) is 0 Å². The summed E-state index contributed by atoms with van der Waals surface area (Å²) in [5.74, 6) is -0.103. The lowest BCUT2D eigenvalue weighted by atomic mass is 10.1. The molecule has 0 saturated carbocycles. The monoisotopic (exact) mass is 392 g/mol. The topological polar surface area (TPSA) is 41.4 Å². The van der Waals surface area contributed by atoms with E-state index in [1.165, 1.54) is 6.07 Å². The first kappa shape index (κ1) is 19.8. The fourth-order valence-electron chi connectivity index (χ4n) is 3.60. The van der Waals surface area contributed by atoms with Crippen molar-refractivity contribution in [3.8, 4) is 0 Å². The van der Waals surface area contributed by atoms with E-state index in [2.05, 4.69) is 10.00 Å². The number of hydrogen-bond acceptors (Lipinski definition) is 3. The molecule has 1 aromatic heterocycles. The average Bonchev–Trinajstić information content (AvgIpc) is 2.92. The highest BCUT2D eigenvalue weighted by Crippen LogP contribution is 2.25. The van der Waals surface area contributed by atoms with E-state index in [4.69, 9.17) is 11.6 Å². The zero-order valence-electron chi connectivity index (χ0n) is 16.1. The number of carbonyl (C=O) groups is 1. The second kappa shape index (κ2) is 8.40. The molecule has 0 aliphatic carbocycles. The van der Waals surface area contributed by atoms with Crippen LogP contribution in [-0.2, 0) is 11.3 Å². The molecule has 1 aliphatic heterocycles. The van der Waals surface area contributed by atoms with Crippen LogP contribution >= 0.6 is 11.6 Å². The summed E-state index contributed by atoms with van der Waals surface area (Å²) >= 11 is 6.25. The molecular formula is C20H26ClFN4O. The van der Waals surface area contributed by atoms with Crippen LogP contribution in [0.15, 0.2) is 24.3 Å². The Morgan fingerprint density at radius 2 is 1.89 bits per heavy atom. The minimum Gasteiger partial charge on any atom is -0.338 e. The number of rotatable bonds is 5. The first-order chi connectivity index (χ1) is 12.9. The van der Waals surface area contributed by atoms with Gasteiger partial charge in [-0.15, -0.1) is 0 Å². The van der Waals surface area contributed by atoms with Gasteiger partial charge in [-0.2, -0.15) is 5.10 Å². The van der Waals surface area contributed by atoms with Gasteiger partial charge in [0, 0.05) is 38.3 Å². The van der Waals surface area contributed by atoms with Crippen LogP contribution in [0.25, 0.3) is 0 Å². The Bertz CT molecular complexity index is 814. The van der Waals surface area contributed by atoms with Crippen LogP contribution in [0, 0.1) is 19.7 Å². The van der Waals surface area contributed by atoms with Gasteiger partial charge in [0.15, 0.2) is 0 Å². The van der Waals surface area contributed by atoms with Gasteiger partial charge >= 0.3 is 0 Å². The average molecular weight is 393 g/mol. The quantitative estimate of drug-likeness (QED) is 0.780. The van der Waals surface area contributed by atoms with Crippen LogP contribution in [0.5, 0.6) is 0 Å². The molecule has 0 N–H and O–H groups in total. The van der Waals surface area contributed by atoms with E-state index >= 15 is 0 Å². The van der Waals surface area contributed by atoms with Crippen molar-refractivity contribution in [2.45, 2.75) is 39.8 Å². The summed E-state index contributed by atoms with van der Waals surface area (Å²) in [6, 6.07) is 6.51. The SMILES string of the molecule is CCC(C(=O)N1CCN(Cc2ccccc2F)CC1)n1nc(C)c(Cl)c1C. The van der Waals surface area contributed by atoms with Crippen LogP contribution in [0.4, 0.5) is 4.39 Å². The van der Waals surface area contributed by atoms with Gasteiger partial charge in [-0.3, -0.25) is 14.4 Å². The van der Waals surface area contributed by atoms with E-state index in [0.717, 1.165) is 24.5 Å². The molecule has 1 aromatic carbocycles. The molecule has 27 heavy (non-hydrogen) atoms. The van der Waals surface area contributed by atoms with Crippen LogP contribution < -0.4 is 0 Å². The van der Waals surface area contributed by atoms with Crippen molar-refractivity contribution in [1.82, 2.24) is 19.6 Å².